The Kier molecular flexibility index (Phi) is 3.80. The van der Waals surface area contributed by atoms with Crippen molar-refractivity contribution in [2.75, 3.05) is 11.4 Å². The van der Waals surface area contributed by atoms with Crippen molar-refractivity contribution in [3.63, 3.8) is 0 Å². The van der Waals surface area contributed by atoms with Crippen molar-refractivity contribution in [3.8, 4) is 0 Å². The van der Waals surface area contributed by atoms with Gasteiger partial charge in [-0.15, -0.1) is 0 Å². The van der Waals surface area contributed by atoms with Crippen LogP contribution in [0.3, 0.4) is 0 Å². The Balaban J connectivity index is 1.47. The molecular formula is C17H26N4. The average molecular weight is 286 g/mol. The van der Waals surface area contributed by atoms with Gasteiger partial charge in [0, 0.05) is 31.4 Å². The van der Waals surface area contributed by atoms with Crippen molar-refractivity contribution in [2.45, 2.75) is 70.0 Å². The monoisotopic (exact) mass is 286 g/mol. The minimum Gasteiger partial charge on any atom is -0.352 e. The number of aromatic nitrogens is 2. The SMILES string of the molecule is c1ncc(N2CCCC2C2CCCC2)nc1CNC1CC1. The van der Waals surface area contributed by atoms with Gasteiger partial charge in [-0.05, 0) is 44.4 Å². The molecule has 21 heavy (non-hydrogen) atoms. The lowest BCUT2D eigenvalue weighted by Gasteiger charge is -2.30. The van der Waals surface area contributed by atoms with E-state index in [1.807, 2.05) is 12.4 Å². The molecule has 0 amide bonds. The smallest absolute Gasteiger partial charge is 0.147 e. The molecule has 3 fully saturated rings. The van der Waals surface area contributed by atoms with Gasteiger partial charge in [0.15, 0.2) is 0 Å². The molecule has 0 aromatic carbocycles. The summed E-state index contributed by atoms with van der Waals surface area (Å²) in [4.78, 5) is 11.9. The minimum atomic E-state index is 0.716. The molecule has 1 aromatic heterocycles. The zero-order valence-corrected chi connectivity index (χ0v) is 12.8. The summed E-state index contributed by atoms with van der Waals surface area (Å²) in [7, 11) is 0. The molecule has 1 aromatic rings. The first-order chi connectivity index (χ1) is 10.4. The summed E-state index contributed by atoms with van der Waals surface area (Å²) in [6.07, 6.45) is 14.9. The van der Waals surface area contributed by atoms with Crippen LogP contribution in [-0.2, 0) is 6.54 Å². The second-order valence-electron chi connectivity index (χ2n) is 6.97. The Hall–Kier alpha value is -1.16. The van der Waals surface area contributed by atoms with Crippen LogP contribution in [0.1, 0.15) is 57.1 Å². The van der Waals surface area contributed by atoms with Crippen LogP contribution < -0.4 is 10.2 Å². The molecule has 4 nitrogen and oxygen atoms in total. The van der Waals surface area contributed by atoms with Crippen LogP contribution in [0.4, 0.5) is 5.82 Å². The van der Waals surface area contributed by atoms with Gasteiger partial charge in [-0.25, -0.2) is 4.98 Å². The molecule has 1 aliphatic heterocycles. The molecule has 1 unspecified atom stereocenters. The number of rotatable bonds is 5. The molecule has 114 valence electrons. The molecule has 4 heteroatoms. The maximum Gasteiger partial charge on any atom is 0.147 e. The standard InChI is InChI=1S/C17H26N4/c1-2-5-13(4-1)16-6-3-9-21(16)17-12-18-10-15(20-17)11-19-14-7-8-14/h10,12-14,16,19H,1-9,11H2. The van der Waals surface area contributed by atoms with Crippen molar-refractivity contribution < 1.29 is 0 Å². The average Bonchev–Trinajstić information content (AvgIpc) is 3.01. The van der Waals surface area contributed by atoms with Crippen LogP contribution in [0.5, 0.6) is 0 Å². The maximum atomic E-state index is 4.88. The van der Waals surface area contributed by atoms with Crippen molar-refractivity contribution in [2.24, 2.45) is 5.92 Å². The van der Waals surface area contributed by atoms with E-state index in [1.165, 1.54) is 51.4 Å². The van der Waals surface area contributed by atoms with Gasteiger partial charge in [0.05, 0.1) is 11.9 Å². The van der Waals surface area contributed by atoms with E-state index in [0.717, 1.165) is 36.6 Å². The predicted octanol–water partition coefficient (Wildman–Crippen LogP) is 2.89. The van der Waals surface area contributed by atoms with Gasteiger partial charge >= 0.3 is 0 Å². The summed E-state index contributed by atoms with van der Waals surface area (Å²) in [5.41, 5.74) is 1.09. The molecule has 2 aliphatic carbocycles. The number of hydrogen-bond donors (Lipinski definition) is 1. The largest absolute Gasteiger partial charge is 0.352 e. The quantitative estimate of drug-likeness (QED) is 0.903. The molecule has 1 N–H and O–H groups in total. The van der Waals surface area contributed by atoms with E-state index in [1.54, 1.807) is 0 Å². The van der Waals surface area contributed by atoms with Gasteiger partial charge in [-0.2, -0.15) is 0 Å². The third-order valence-corrected chi connectivity index (χ3v) is 5.36. The number of anilines is 1. The highest BCUT2D eigenvalue weighted by Gasteiger charge is 2.34. The molecule has 1 saturated heterocycles. The first kappa shape index (κ1) is 13.5. The summed E-state index contributed by atoms with van der Waals surface area (Å²) >= 11 is 0. The van der Waals surface area contributed by atoms with Crippen molar-refractivity contribution in [3.05, 3.63) is 18.1 Å². The summed E-state index contributed by atoms with van der Waals surface area (Å²) in [5.74, 6) is 2.00. The van der Waals surface area contributed by atoms with E-state index in [0.29, 0.717) is 6.04 Å². The Labute approximate surface area is 127 Å². The molecule has 0 spiro atoms. The van der Waals surface area contributed by atoms with Crippen molar-refractivity contribution in [1.82, 2.24) is 15.3 Å². The fourth-order valence-electron chi connectivity index (χ4n) is 4.06. The summed E-state index contributed by atoms with van der Waals surface area (Å²) in [5, 5.41) is 3.54. The third kappa shape index (κ3) is 3.05. The van der Waals surface area contributed by atoms with E-state index in [2.05, 4.69) is 15.2 Å². The number of nitrogens with one attached hydrogen (secondary N) is 1. The summed E-state index contributed by atoms with van der Waals surface area (Å²) < 4.78 is 0. The van der Waals surface area contributed by atoms with Crippen LogP contribution in [0.25, 0.3) is 0 Å². The van der Waals surface area contributed by atoms with Crippen LogP contribution in [0.2, 0.25) is 0 Å². The molecule has 2 heterocycles. The fraction of sp³-hybridized carbons (Fsp3) is 0.765. The van der Waals surface area contributed by atoms with Crippen LogP contribution in [-0.4, -0.2) is 28.6 Å². The predicted molar refractivity (Wildman–Crippen MR) is 84.2 cm³/mol. The highest BCUT2D eigenvalue weighted by atomic mass is 15.2. The second-order valence-corrected chi connectivity index (χ2v) is 6.97. The fourth-order valence-corrected chi connectivity index (χ4v) is 4.06. The zero-order valence-electron chi connectivity index (χ0n) is 12.8. The zero-order chi connectivity index (χ0) is 14.1. The Morgan fingerprint density at radius 2 is 1.90 bits per heavy atom. The molecule has 0 radical (unpaired) electrons. The van der Waals surface area contributed by atoms with E-state index in [-0.39, 0.29) is 0 Å². The Morgan fingerprint density at radius 1 is 1.05 bits per heavy atom. The molecule has 4 rings (SSSR count). The Bertz CT molecular complexity index is 479. The molecule has 1 atom stereocenters. The van der Waals surface area contributed by atoms with Gasteiger partial charge in [-0.3, -0.25) is 4.98 Å². The highest BCUT2D eigenvalue weighted by Crippen LogP contribution is 2.37. The third-order valence-electron chi connectivity index (χ3n) is 5.36. The molecule has 0 bridgehead atoms. The van der Waals surface area contributed by atoms with Gasteiger partial charge < -0.3 is 10.2 Å². The topological polar surface area (TPSA) is 41.1 Å². The van der Waals surface area contributed by atoms with Gasteiger partial charge in [0.2, 0.25) is 0 Å². The second kappa shape index (κ2) is 5.91. The molecular weight excluding hydrogens is 260 g/mol. The maximum absolute atomic E-state index is 4.88. The first-order valence-corrected chi connectivity index (χ1v) is 8.71. The van der Waals surface area contributed by atoms with E-state index in [4.69, 9.17) is 4.98 Å². The lowest BCUT2D eigenvalue weighted by molar-refractivity contribution is 0.428. The van der Waals surface area contributed by atoms with Crippen LogP contribution in [0.15, 0.2) is 12.4 Å². The molecule has 3 aliphatic rings. The lowest BCUT2D eigenvalue weighted by atomic mass is 9.96. The van der Waals surface area contributed by atoms with Crippen molar-refractivity contribution in [1.29, 1.82) is 0 Å². The van der Waals surface area contributed by atoms with Crippen LogP contribution in [0, 0.1) is 5.92 Å². The van der Waals surface area contributed by atoms with Gasteiger partial charge in [-0.1, -0.05) is 12.8 Å². The Morgan fingerprint density at radius 3 is 2.71 bits per heavy atom. The van der Waals surface area contributed by atoms with E-state index < -0.39 is 0 Å². The summed E-state index contributed by atoms with van der Waals surface area (Å²) in [6.45, 7) is 2.03. The van der Waals surface area contributed by atoms with Crippen molar-refractivity contribution >= 4 is 5.82 Å². The van der Waals surface area contributed by atoms with Gasteiger partial charge in [0.1, 0.15) is 5.82 Å². The molecule has 2 saturated carbocycles. The highest BCUT2D eigenvalue weighted by molar-refractivity contribution is 5.39. The first-order valence-electron chi connectivity index (χ1n) is 8.71. The number of hydrogen-bond acceptors (Lipinski definition) is 4. The van der Waals surface area contributed by atoms with Crippen LogP contribution >= 0.6 is 0 Å². The number of nitrogens with zero attached hydrogens (tertiary/aromatic N) is 3. The van der Waals surface area contributed by atoms with Gasteiger partial charge in [0.25, 0.3) is 0 Å². The van der Waals surface area contributed by atoms with E-state index >= 15 is 0 Å². The normalized spacial score (nSPS) is 26.7. The minimum absolute atomic E-state index is 0.716. The lowest BCUT2D eigenvalue weighted by Crippen LogP contribution is -2.35. The summed E-state index contributed by atoms with van der Waals surface area (Å²) in [6, 6.07) is 1.45. The van der Waals surface area contributed by atoms with E-state index in [9.17, 15) is 0 Å².